The first-order valence-corrected chi connectivity index (χ1v) is 11.2. The van der Waals surface area contributed by atoms with Gasteiger partial charge in [-0.05, 0) is 38.1 Å². The summed E-state index contributed by atoms with van der Waals surface area (Å²) in [6.45, 7) is 4.91. The van der Waals surface area contributed by atoms with Crippen LogP contribution in [-0.2, 0) is 34.3 Å². The van der Waals surface area contributed by atoms with Gasteiger partial charge in [0.2, 0.25) is 15.9 Å². The predicted octanol–water partition coefficient (Wildman–Crippen LogP) is 2.41. The van der Waals surface area contributed by atoms with E-state index in [0.717, 1.165) is 5.56 Å². The Morgan fingerprint density at radius 1 is 1.23 bits per heavy atom. The zero-order chi connectivity index (χ0) is 21.3. The lowest BCUT2D eigenvalue weighted by atomic mass is 10.2. The number of carbonyl (C=O) groups is 1. The Morgan fingerprint density at radius 2 is 2.00 bits per heavy atom. The number of aryl methyl sites for hydroxylation is 1. The molecular weight excluding hydrogens is 404 g/mol. The van der Waals surface area contributed by atoms with Crippen molar-refractivity contribution in [2.24, 2.45) is 0 Å². The van der Waals surface area contributed by atoms with Crippen LogP contribution in [0.3, 0.4) is 0 Å². The summed E-state index contributed by atoms with van der Waals surface area (Å²) in [6, 6.07) is 9.98. The van der Waals surface area contributed by atoms with E-state index in [1.54, 1.807) is 42.7 Å². The van der Waals surface area contributed by atoms with Gasteiger partial charge in [-0.2, -0.15) is 4.31 Å². The van der Waals surface area contributed by atoms with E-state index in [9.17, 15) is 13.2 Å². The average molecular weight is 429 g/mol. The van der Waals surface area contributed by atoms with E-state index in [4.69, 9.17) is 4.42 Å². The molecule has 0 saturated carbocycles. The van der Waals surface area contributed by atoms with E-state index in [-0.39, 0.29) is 17.2 Å². The monoisotopic (exact) mass is 428 g/mol. The Balaban J connectivity index is 1.47. The summed E-state index contributed by atoms with van der Waals surface area (Å²) in [7, 11) is -3.63. The number of sulfonamides is 1. The molecule has 0 bridgehead atoms. The number of furan rings is 1. The Labute approximate surface area is 175 Å². The van der Waals surface area contributed by atoms with Crippen molar-refractivity contribution >= 4 is 15.9 Å². The lowest BCUT2D eigenvalue weighted by Gasteiger charge is -2.32. The molecule has 2 aromatic heterocycles. The fourth-order valence-corrected chi connectivity index (χ4v) is 5.20. The van der Waals surface area contributed by atoms with Gasteiger partial charge < -0.3 is 14.3 Å². The molecule has 1 amide bonds. The summed E-state index contributed by atoms with van der Waals surface area (Å²) in [5.41, 5.74) is 1.62. The highest BCUT2D eigenvalue weighted by molar-refractivity contribution is 7.89. The zero-order valence-electron chi connectivity index (χ0n) is 16.9. The van der Waals surface area contributed by atoms with Crippen molar-refractivity contribution < 1.29 is 17.6 Å². The van der Waals surface area contributed by atoms with Crippen LogP contribution in [0.5, 0.6) is 0 Å². The number of amides is 1. The fraction of sp³-hybridized carbons (Fsp3) is 0.333. The largest absolute Gasteiger partial charge is 0.467 e. The Hall–Kier alpha value is -2.91. The number of nitrogens with zero attached hydrogens (tertiary/aromatic N) is 3. The van der Waals surface area contributed by atoms with Crippen molar-refractivity contribution in [1.82, 2.24) is 19.2 Å². The third-order valence-corrected chi connectivity index (χ3v) is 7.22. The van der Waals surface area contributed by atoms with E-state index >= 15 is 0 Å². The van der Waals surface area contributed by atoms with Crippen molar-refractivity contribution in [1.29, 1.82) is 0 Å². The maximum absolute atomic E-state index is 13.1. The molecule has 4 rings (SSSR count). The number of nitrogens with one attached hydrogen (secondary N) is 1. The zero-order valence-corrected chi connectivity index (χ0v) is 17.7. The number of rotatable bonds is 6. The second kappa shape index (κ2) is 8.08. The van der Waals surface area contributed by atoms with Gasteiger partial charge in [-0.15, -0.1) is 0 Å². The molecule has 30 heavy (non-hydrogen) atoms. The van der Waals surface area contributed by atoms with Crippen LogP contribution in [-0.4, -0.2) is 34.7 Å². The summed E-state index contributed by atoms with van der Waals surface area (Å²) < 4.78 is 34.8. The normalized spacial score (nSPS) is 16.9. The van der Waals surface area contributed by atoms with Gasteiger partial charge in [0.25, 0.3) is 0 Å². The number of fused-ring (bicyclic) bond motifs is 1. The molecule has 1 aromatic carbocycles. The first kappa shape index (κ1) is 20.4. The Morgan fingerprint density at radius 3 is 2.70 bits per heavy atom. The van der Waals surface area contributed by atoms with E-state index < -0.39 is 16.1 Å². The molecule has 1 aliphatic rings. The van der Waals surface area contributed by atoms with E-state index in [1.807, 2.05) is 24.6 Å². The van der Waals surface area contributed by atoms with E-state index in [1.165, 1.54) is 4.31 Å². The molecule has 1 atom stereocenters. The maximum Gasteiger partial charge on any atom is 0.243 e. The van der Waals surface area contributed by atoms with Gasteiger partial charge in [0, 0.05) is 19.3 Å². The van der Waals surface area contributed by atoms with Crippen molar-refractivity contribution in [3.8, 4) is 0 Å². The van der Waals surface area contributed by atoms with Crippen molar-refractivity contribution in [2.45, 2.75) is 44.3 Å². The lowest BCUT2D eigenvalue weighted by molar-refractivity contribution is -0.120. The van der Waals surface area contributed by atoms with Crippen molar-refractivity contribution in [2.75, 3.05) is 6.54 Å². The Kier molecular flexibility index (Phi) is 5.48. The predicted molar refractivity (Wildman–Crippen MR) is 110 cm³/mol. The minimum Gasteiger partial charge on any atom is -0.467 e. The lowest BCUT2D eigenvalue weighted by Crippen LogP contribution is -2.41. The van der Waals surface area contributed by atoms with Crippen molar-refractivity contribution in [3.63, 3.8) is 0 Å². The quantitative estimate of drug-likeness (QED) is 0.650. The highest BCUT2D eigenvalue weighted by atomic mass is 32.2. The molecule has 8 nitrogen and oxygen atoms in total. The first-order valence-electron chi connectivity index (χ1n) is 9.78. The highest BCUT2D eigenvalue weighted by Gasteiger charge is 2.35. The highest BCUT2D eigenvalue weighted by Crippen LogP contribution is 2.30. The molecule has 0 saturated heterocycles. The third kappa shape index (κ3) is 4.03. The summed E-state index contributed by atoms with van der Waals surface area (Å²) in [5, 5.41) is 2.80. The van der Waals surface area contributed by atoms with Gasteiger partial charge in [0.05, 0.1) is 35.9 Å². The molecule has 1 aliphatic heterocycles. The van der Waals surface area contributed by atoms with Crippen LogP contribution in [0.1, 0.15) is 35.8 Å². The smallest absolute Gasteiger partial charge is 0.243 e. The van der Waals surface area contributed by atoms with Gasteiger partial charge in [0.15, 0.2) is 0 Å². The molecule has 0 radical (unpaired) electrons. The molecule has 1 N–H and O–H groups in total. The number of hydrogen-bond acceptors (Lipinski definition) is 5. The molecule has 9 heteroatoms. The number of carbonyl (C=O) groups excluding carboxylic acids is 1. The second-order valence-corrected chi connectivity index (χ2v) is 9.31. The minimum absolute atomic E-state index is 0.123. The second-order valence-electron chi connectivity index (χ2n) is 7.42. The van der Waals surface area contributed by atoms with Crippen LogP contribution in [0, 0.1) is 6.92 Å². The fourth-order valence-electron chi connectivity index (χ4n) is 3.61. The van der Waals surface area contributed by atoms with Gasteiger partial charge in [0.1, 0.15) is 11.6 Å². The average Bonchev–Trinajstić information content (AvgIpc) is 3.36. The summed E-state index contributed by atoms with van der Waals surface area (Å²) in [6.07, 6.45) is 3.51. The van der Waals surface area contributed by atoms with Crippen LogP contribution in [0.2, 0.25) is 0 Å². The summed E-state index contributed by atoms with van der Waals surface area (Å²) in [5.74, 6) is 1.16. The van der Waals surface area contributed by atoms with E-state index in [2.05, 4.69) is 10.3 Å². The summed E-state index contributed by atoms with van der Waals surface area (Å²) >= 11 is 0. The molecule has 0 spiro atoms. The number of imidazole rings is 1. The van der Waals surface area contributed by atoms with Gasteiger partial charge >= 0.3 is 0 Å². The van der Waals surface area contributed by atoms with Gasteiger partial charge in [-0.25, -0.2) is 13.4 Å². The third-order valence-electron chi connectivity index (χ3n) is 5.23. The molecule has 3 aromatic rings. The molecule has 0 aliphatic carbocycles. The summed E-state index contributed by atoms with van der Waals surface area (Å²) in [4.78, 5) is 17.1. The van der Waals surface area contributed by atoms with Crippen LogP contribution in [0.25, 0.3) is 0 Å². The number of aromatic nitrogens is 2. The molecule has 158 valence electrons. The number of benzene rings is 1. The SMILES string of the molecule is Cc1ccc(S(=O)(=O)N2CCn3cc(CC(=O)NCc4ccco4)nc3[C@@H]2C)cc1. The molecule has 3 heterocycles. The number of hydrogen-bond donors (Lipinski definition) is 1. The van der Waals surface area contributed by atoms with E-state index in [0.29, 0.717) is 36.9 Å². The van der Waals surface area contributed by atoms with Crippen molar-refractivity contribution in [3.05, 3.63) is 71.7 Å². The maximum atomic E-state index is 13.1. The van der Waals surface area contributed by atoms with Crippen LogP contribution in [0.15, 0.2) is 58.2 Å². The van der Waals surface area contributed by atoms with Crippen LogP contribution >= 0.6 is 0 Å². The van der Waals surface area contributed by atoms with Crippen LogP contribution < -0.4 is 5.32 Å². The first-order chi connectivity index (χ1) is 14.3. The molecule has 0 unspecified atom stereocenters. The topological polar surface area (TPSA) is 97.4 Å². The molecule has 0 fully saturated rings. The standard InChI is InChI=1S/C21H24N4O4S/c1-15-5-7-19(8-6-15)30(27,28)25-10-9-24-14-17(23-21(24)16(25)2)12-20(26)22-13-18-4-3-11-29-18/h3-8,11,14,16H,9-10,12-13H2,1-2H3,(H,22,26)/t16-/m0/s1. The minimum atomic E-state index is -3.63. The van der Waals surface area contributed by atoms with Crippen LogP contribution in [0.4, 0.5) is 0 Å². The Bertz CT molecular complexity index is 1130. The van der Waals surface area contributed by atoms with Gasteiger partial charge in [-0.1, -0.05) is 17.7 Å². The van der Waals surface area contributed by atoms with Gasteiger partial charge in [-0.3, -0.25) is 4.79 Å². The molecular formula is C21H24N4O4S.